The van der Waals surface area contributed by atoms with Crippen LogP contribution in [0, 0.1) is 11.3 Å². The number of nitrogens with one attached hydrogen (secondary N) is 1. The van der Waals surface area contributed by atoms with Crippen LogP contribution >= 0.6 is 15.9 Å². The third kappa shape index (κ3) is 3.27. The normalized spacial score (nSPS) is 10.9. The molecule has 2 aromatic rings. The quantitative estimate of drug-likeness (QED) is 0.876. The molecule has 3 nitrogen and oxygen atoms in total. The van der Waals surface area contributed by atoms with Crippen LogP contribution in [0.15, 0.2) is 40.9 Å². The molecule has 0 atom stereocenters. The monoisotopic (exact) mass is 341 g/mol. The predicted molar refractivity (Wildman–Crippen MR) is 71.4 cm³/mol. The summed E-state index contributed by atoms with van der Waals surface area (Å²) in [7, 11) is 0. The van der Waals surface area contributed by atoms with Gasteiger partial charge in [0.05, 0.1) is 5.56 Å². The van der Waals surface area contributed by atoms with Crippen LogP contribution in [0.3, 0.4) is 0 Å². The first-order valence-electron chi connectivity index (χ1n) is 5.41. The molecule has 0 amide bonds. The van der Waals surface area contributed by atoms with E-state index in [0.29, 0.717) is 5.82 Å². The number of hydrogen-bond acceptors (Lipinski definition) is 3. The lowest BCUT2D eigenvalue weighted by Crippen LogP contribution is -2.07. The van der Waals surface area contributed by atoms with Crippen molar-refractivity contribution in [2.75, 3.05) is 5.32 Å². The maximum atomic E-state index is 12.8. The average molecular weight is 342 g/mol. The van der Waals surface area contributed by atoms with Crippen LogP contribution < -0.4 is 5.32 Å². The van der Waals surface area contributed by atoms with E-state index in [4.69, 9.17) is 5.26 Å². The highest BCUT2D eigenvalue weighted by molar-refractivity contribution is 9.10. The van der Waals surface area contributed by atoms with Crippen molar-refractivity contribution in [3.63, 3.8) is 0 Å². The Hall–Kier alpha value is -2.07. The van der Waals surface area contributed by atoms with E-state index >= 15 is 0 Å². The fraction of sp³-hybridized carbons (Fsp3) is 0.0769. The topological polar surface area (TPSA) is 48.7 Å². The van der Waals surface area contributed by atoms with Gasteiger partial charge in [0.2, 0.25) is 0 Å². The van der Waals surface area contributed by atoms with Crippen molar-refractivity contribution in [3.05, 3.63) is 52.1 Å². The molecule has 0 saturated carbocycles. The number of benzene rings is 1. The van der Waals surface area contributed by atoms with Gasteiger partial charge >= 0.3 is 6.18 Å². The van der Waals surface area contributed by atoms with E-state index in [0.717, 1.165) is 6.07 Å². The fourth-order valence-electron chi connectivity index (χ4n) is 1.53. The van der Waals surface area contributed by atoms with Crippen molar-refractivity contribution in [2.24, 2.45) is 0 Å². The van der Waals surface area contributed by atoms with Crippen LogP contribution in [-0.4, -0.2) is 4.98 Å². The maximum Gasteiger partial charge on any atom is 0.417 e. The Bertz CT molecular complexity index is 677. The molecular formula is C13H7BrF3N3. The van der Waals surface area contributed by atoms with Crippen LogP contribution in [-0.2, 0) is 6.18 Å². The van der Waals surface area contributed by atoms with Crippen molar-refractivity contribution < 1.29 is 13.2 Å². The first-order chi connectivity index (χ1) is 9.40. The van der Waals surface area contributed by atoms with Crippen LogP contribution in [0.25, 0.3) is 0 Å². The number of rotatable bonds is 2. The predicted octanol–water partition coefficient (Wildman–Crippen LogP) is 4.48. The highest BCUT2D eigenvalue weighted by Gasteiger charge is 2.33. The van der Waals surface area contributed by atoms with Gasteiger partial charge in [0.25, 0.3) is 0 Å². The van der Waals surface area contributed by atoms with Crippen molar-refractivity contribution >= 4 is 27.4 Å². The lowest BCUT2D eigenvalue weighted by Gasteiger charge is -2.12. The van der Waals surface area contributed by atoms with E-state index in [-0.39, 0.29) is 15.9 Å². The number of pyridine rings is 1. The molecule has 0 aliphatic carbocycles. The van der Waals surface area contributed by atoms with Crippen molar-refractivity contribution in [1.29, 1.82) is 5.26 Å². The molecule has 2 rings (SSSR count). The average Bonchev–Trinajstić information content (AvgIpc) is 2.40. The molecule has 0 unspecified atom stereocenters. The molecule has 102 valence electrons. The molecule has 7 heteroatoms. The third-order valence-corrected chi connectivity index (χ3v) is 3.10. The number of halogens is 4. The zero-order valence-corrected chi connectivity index (χ0v) is 11.5. The molecule has 0 bridgehead atoms. The summed E-state index contributed by atoms with van der Waals surface area (Å²) < 4.78 is 38.3. The molecular weight excluding hydrogens is 335 g/mol. The summed E-state index contributed by atoms with van der Waals surface area (Å²) in [6.45, 7) is 0. The SMILES string of the molecule is N#Cc1cccc(Nc2ccc(Br)c(C(F)(F)F)c2)n1. The summed E-state index contributed by atoms with van der Waals surface area (Å²) in [6.07, 6.45) is -4.45. The van der Waals surface area contributed by atoms with Gasteiger partial charge in [0, 0.05) is 10.2 Å². The van der Waals surface area contributed by atoms with Gasteiger partial charge in [0.15, 0.2) is 0 Å². The van der Waals surface area contributed by atoms with Gasteiger partial charge in [-0.1, -0.05) is 22.0 Å². The van der Waals surface area contributed by atoms with Gasteiger partial charge in [-0.3, -0.25) is 0 Å². The van der Waals surface area contributed by atoms with E-state index < -0.39 is 11.7 Å². The molecule has 1 N–H and O–H groups in total. The standard InChI is InChI=1S/C13H7BrF3N3/c14-11-5-4-8(6-10(11)13(15,16)17)19-12-3-1-2-9(7-18)20-12/h1-6H,(H,19,20). The molecule has 0 fully saturated rings. The van der Waals surface area contributed by atoms with Gasteiger partial charge in [-0.05, 0) is 30.3 Å². The molecule has 0 radical (unpaired) electrons. The summed E-state index contributed by atoms with van der Waals surface area (Å²) >= 11 is 2.87. The van der Waals surface area contributed by atoms with Gasteiger partial charge in [-0.25, -0.2) is 4.98 Å². The van der Waals surface area contributed by atoms with E-state index in [2.05, 4.69) is 26.2 Å². The fourth-order valence-corrected chi connectivity index (χ4v) is 2.01. The molecule has 0 aliphatic rings. The lowest BCUT2D eigenvalue weighted by molar-refractivity contribution is -0.138. The van der Waals surface area contributed by atoms with E-state index in [9.17, 15) is 13.2 Å². The minimum atomic E-state index is -4.45. The zero-order chi connectivity index (χ0) is 14.8. The molecule has 1 aromatic heterocycles. The summed E-state index contributed by atoms with van der Waals surface area (Å²) in [6, 6.07) is 10.3. The summed E-state index contributed by atoms with van der Waals surface area (Å²) in [5.41, 5.74) is -0.356. The van der Waals surface area contributed by atoms with Crippen LogP contribution in [0.5, 0.6) is 0 Å². The van der Waals surface area contributed by atoms with Gasteiger partial charge in [0.1, 0.15) is 17.6 Å². The largest absolute Gasteiger partial charge is 0.417 e. The van der Waals surface area contributed by atoms with E-state index in [1.807, 2.05) is 6.07 Å². The third-order valence-electron chi connectivity index (χ3n) is 2.41. The smallest absolute Gasteiger partial charge is 0.340 e. The Kier molecular flexibility index (Phi) is 3.95. The highest BCUT2D eigenvalue weighted by Crippen LogP contribution is 2.36. The minimum Gasteiger partial charge on any atom is -0.340 e. The van der Waals surface area contributed by atoms with Crippen molar-refractivity contribution in [3.8, 4) is 6.07 Å². The highest BCUT2D eigenvalue weighted by atomic mass is 79.9. The second-order valence-electron chi connectivity index (χ2n) is 3.84. The number of nitriles is 1. The second-order valence-corrected chi connectivity index (χ2v) is 4.69. The van der Waals surface area contributed by atoms with Gasteiger partial charge in [-0.15, -0.1) is 0 Å². The zero-order valence-electron chi connectivity index (χ0n) is 9.87. The number of hydrogen-bond donors (Lipinski definition) is 1. The van der Waals surface area contributed by atoms with Crippen molar-refractivity contribution in [2.45, 2.75) is 6.18 Å². The first-order valence-corrected chi connectivity index (χ1v) is 6.20. The van der Waals surface area contributed by atoms with Crippen molar-refractivity contribution in [1.82, 2.24) is 4.98 Å². The Morgan fingerprint density at radius 3 is 2.60 bits per heavy atom. The van der Waals surface area contributed by atoms with E-state index in [1.165, 1.54) is 18.2 Å². The summed E-state index contributed by atoms with van der Waals surface area (Å²) in [4.78, 5) is 3.94. The molecule has 0 spiro atoms. The number of nitrogens with zero attached hydrogens (tertiary/aromatic N) is 2. The molecule has 20 heavy (non-hydrogen) atoms. The van der Waals surface area contributed by atoms with Crippen LogP contribution in [0.4, 0.5) is 24.7 Å². The minimum absolute atomic E-state index is 0.0331. The Labute approximate surface area is 121 Å². The van der Waals surface area contributed by atoms with E-state index in [1.54, 1.807) is 12.1 Å². The lowest BCUT2D eigenvalue weighted by atomic mass is 10.2. The van der Waals surface area contributed by atoms with Gasteiger partial charge in [-0.2, -0.15) is 18.4 Å². The Balaban J connectivity index is 2.33. The number of aromatic nitrogens is 1. The Morgan fingerprint density at radius 2 is 1.95 bits per heavy atom. The van der Waals surface area contributed by atoms with Gasteiger partial charge < -0.3 is 5.32 Å². The van der Waals surface area contributed by atoms with Crippen LogP contribution in [0.2, 0.25) is 0 Å². The molecule has 0 saturated heterocycles. The molecule has 0 aliphatic heterocycles. The maximum absolute atomic E-state index is 12.8. The first kappa shape index (κ1) is 14.3. The van der Waals surface area contributed by atoms with Crippen LogP contribution in [0.1, 0.15) is 11.3 Å². The molecule has 1 aromatic carbocycles. The Morgan fingerprint density at radius 1 is 1.20 bits per heavy atom. The molecule has 1 heterocycles. The number of anilines is 2. The second kappa shape index (κ2) is 5.51. The summed E-state index contributed by atoms with van der Waals surface area (Å²) in [5, 5.41) is 11.5. The summed E-state index contributed by atoms with van der Waals surface area (Å²) in [5.74, 6) is 0.305. The number of alkyl halides is 3.